The number of fused-ring (bicyclic) bond motifs is 1. The van der Waals surface area contributed by atoms with Crippen molar-refractivity contribution in [3.8, 4) is 11.5 Å². The molecule has 24 heavy (non-hydrogen) atoms. The van der Waals surface area contributed by atoms with Crippen LogP contribution in [0.25, 0.3) is 0 Å². The fraction of sp³-hybridized carbons (Fsp3) is 0.421. The zero-order valence-corrected chi connectivity index (χ0v) is 14.2. The molecule has 1 spiro atoms. The van der Waals surface area contributed by atoms with Crippen molar-refractivity contribution in [1.29, 1.82) is 0 Å². The van der Waals surface area contributed by atoms with Gasteiger partial charge in [0.15, 0.2) is 17.3 Å². The first-order chi connectivity index (χ1) is 11.6. The second-order valence-electron chi connectivity index (χ2n) is 6.36. The zero-order chi connectivity index (χ0) is 16.9. The fourth-order valence-electron chi connectivity index (χ4n) is 4.29. The fourth-order valence-corrected chi connectivity index (χ4v) is 4.29. The number of hydrogen-bond acceptors (Lipinski definition) is 5. The number of carbonyl (C=O) groups excluding carboxylic acids is 1. The molecule has 1 atom stereocenters. The van der Waals surface area contributed by atoms with E-state index in [0.717, 1.165) is 42.8 Å². The first-order valence-electron chi connectivity index (χ1n) is 8.16. The van der Waals surface area contributed by atoms with E-state index in [9.17, 15) is 4.79 Å². The summed E-state index contributed by atoms with van der Waals surface area (Å²) in [5, 5.41) is 0. The van der Waals surface area contributed by atoms with Crippen LogP contribution in [-0.2, 0) is 21.5 Å². The lowest BCUT2D eigenvalue weighted by molar-refractivity contribution is -0.114. The van der Waals surface area contributed by atoms with Crippen LogP contribution in [0.3, 0.4) is 0 Å². The van der Waals surface area contributed by atoms with E-state index in [1.165, 1.54) is 5.56 Å². The molecule has 2 heterocycles. The van der Waals surface area contributed by atoms with E-state index >= 15 is 0 Å². The zero-order valence-electron chi connectivity index (χ0n) is 14.2. The largest absolute Gasteiger partial charge is 0.493 e. The third kappa shape index (κ3) is 1.88. The summed E-state index contributed by atoms with van der Waals surface area (Å²) in [6.07, 6.45) is 5.59. The van der Waals surface area contributed by atoms with Crippen LogP contribution in [0.2, 0.25) is 0 Å². The maximum absolute atomic E-state index is 12.2. The summed E-state index contributed by atoms with van der Waals surface area (Å²) in [6, 6.07) is 4.12. The maximum Gasteiger partial charge on any atom is 0.220 e. The molecule has 0 unspecified atom stereocenters. The summed E-state index contributed by atoms with van der Waals surface area (Å²) in [7, 11) is 4.85. The number of benzene rings is 1. The van der Waals surface area contributed by atoms with Crippen molar-refractivity contribution in [2.75, 3.05) is 34.4 Å². The molecule has 1 saturated heterocycles. The quantitative estimate of drug-likeness (QED) is 0.852. The Kier molecular flexibility index (Phi) is 3.42. The minimum absolute atomic E-state index is 0.0485. The minimum Gasteiger partial charge on any atom is -0.493 e. The van der Waals surface area contributed by atoms with Gasteiger partial charge in [-0.2, -0.15) is 0 Å². The molecular weight excluding hydrogens is 306 g/mol. The maximum atomic E-state index is 12.2. The van der Waals surface area contributed by atoms with Crippen LogP contribution in [0.15, 0.2) is 35.6 Å². The molecule has 0 amide bonds. The van der Waals surface area contributed by atoms with Gasteiger partial charge >= 0.3 is 0 Å². The molecule has 2 aliphatic heterocycles. The van der Waals surface area contributed by atoms with Gasteiger partial charge in [0.2, 0.25) is 5.78 Å². The van der Waals surface area contributed by atoms with E-state index in [1.807, 2.05) is 6.08 Å². The van der Waals surface area contributed by atoms with Gasteiger partial charge in [-0.1, -0.05) is 0 Å². The van der Waals surface area contributed by atoms with E-state index in [2.05, 4.69) is 17.0 Å². The minimum atomic E-state index is -0.396. The predicted molar refractivity (Wildman–Crippen MR) is 89.3 cm³/mol. The summed E-state index contributed by atoms with van der Waals surface area (Å²) >= 11 is 0. The summed E-state index contributed by atoms with van der Waals surface area (Å²) in [5.41, 5.74) is 3.14. The molecule has 5 heteroatoms. The van der Waals surface area contributed by atoms with Gasteiger partial charge in [0.05, 0.1) is 26.9 Å². The lowest BCUT2D eigenvalue weighted by Gasteiger charge is -2.44. The van der Waals surface area contributed by atoms with E-state index in [4.69, 9.17) is 14.2 Å². The van der Waals surface area contributed by atoms with Gasteiger partial charge in [-0.3, -0.25) is 9.69 Å². The number of methoxy groups -OCH3 is 3. The first kappa shape index (κ1) is 15.3. The molecular formula is C19H21NO4. The van der Waals surface area contributed by atoms with Gasteiger partial charge in [0, 0.05) is 13.1 Å². The lowest BCUT2D eigenvalue weighted by atomic mass is 9.74. The van der Waals surface area contributed by atoms with Crippen LogP contribution in [0.1, 0.15) is 17.5 Å². The van der Waals surface area contributed by atoms with Crippen LogP contribution < -0.4 is 9.47 Å². The Hall–Kier alpha value is -2.27. The van der Waals surface area contributed by atoms with Gasteiger partial charge in [-0.25, -0.2) is 0 Å². The molecule has 0 aromatic heterocycles. The second-order valence-corrected chi connectivity index (χ2v) is 6.36. The number of carbonyl (C=O) groups is 1. The molecule has 4 rings (SSSR count). The number of ketones is 1. The Morgan fingerprint density at radius 2 is 1.71 bits per heavy atom. The van der Waals surface area contributed by atoms with Gasteiger partial charge in [-0.15, -0.1) is 0 Å². The van der Waals surface area contributed by atoms with Crippen molar-refractivity contribution in [3.63, 3.8) is 0 Å². The number of ether oxygens (including phenoxy) is 3. The normalized spacial score (nSPS) is 25.2. The van der Waals surface area contributed by atoms with Crippen molar-refractivity contribution in [2.45, 2.75) is 18.4 Å². The Labute approximate surface area is 141 Å². The summed E-state index contributed by atoms with van der Waals surface area (Å²) in [4.78, 5) is 14.7. The van der Waals surface area contributed by atoms with Crippen molar-refractivity contribution in [3.05, 3.63) is 46.7 Å². The van der Waals surface area contributed by atoms with Crippen LogP contribution in [0.4, 0.5) is 0 Å². The highest BCUT2D eigenvalue weighted by atomic mass is 16.5. The van der Waals surface area contributed by atoms with Gasteiger partial charge in [-0.05, 0) is 53.8 Å². The highest BCUT2D eigenvalue weighted by Gasteiger charge is 2.50. The first-order valence-corrected chi connectivity index (χ1v) is 8.16. The highest BCUT2D eigenvalue weighted by Crippen LogP contribution is 2.52. The third-order valence-corrected chi connectivity index (χ3v) is 5.42. The van der Waals surface area contributed by atoms with E-state index in [1.54, 1.807) is 27.4 Å². The lowest BCUT2D eigenvalue weighted by Crippen LogP contribution is -2.47. The molecule has 1 aromatic carbocycles. The average molecular weight is 327 g/mol. The average Bonchev–Trinajstić information content (AvgIpc) is 2.98. The van der Waals surface area contributed by atoms with Crippen molar-refractivity contribution < 1.29 is 19.0 Å². The van der Waals surface area contributed by atoms with Crippen molar-refractivity contribution in [1.82, 2.24) is 4.90 Å². The molecule has 1 aromatic rings. The van der Waals surface area contributed by atoms with Crippen LogP contribution >= 0.6 is 0 Å². The topological polar surface area (TPSA) is 48.0 Å². The Balaban J connectivity index is 1.98. The second kappa shape index (κ2) is 5.38. The molecule has 1 fully saturated rings. The third-order valence-electron chi connectivity index (χ3n) is 5.42. The number of rotatable bonds is 3. The summed E-state index contributed by atoms with van der Waals surface area (Å²) in [5.74, 6) is 1.82. The molecule has 126 valence electrons. The Morgan fingerprint density at radius 1 is 1.00 bits per heavy atom. The summed E-state index contributed by atoms with van der Waals surface area (Å²) in [6.45, 7) is 1.89. The number of allylic oxidation sites excluding steroid dienone is 1. The molecule has 1 aliphatic carbocycles. The molecule has 0 bridgehead atoms. The monoisotopic (exact) mass is 327 g/mol. The highest BCUT2D eigenvalue weighted by molar-refractivity contribution is 6.05. The number of hydrogen-bond donors (Lipinski definition) is 0. The Morgan fingerprint density at radius 3 is 2.42 bits per heavy atom. The van der Waals surface area contributed by atoms with E-state index < -0.39 is 5.54 Å². The standard InChI is InChI=1S/C19H21NO4/c1-22-16-8-12-4-6-20-7-5-13-9-15(21)18(24-3)11-19(13,20)14(12)10-17(16)23-2/h8-11H,4-7H2,1-3H3/t19-/m0/s1. The van der Waals surface area contributed by atoms with Crippen molar-refractivity contribution in [2.24, 2.45) is 0 Å². The molecule has 3 aliphatic rings. The molecule has 0 radical (unpaired) electrons. The SMILES string of the molecule is COC1=C[C@@]23C(=CC1=O)CCN2CCc1cc(OC)c(OC)cc13. The van der Waals surface area contributed by atoms with Crippen LogP contribution in [0, 0.1) is 0 Å². The molecule has 5 nitrogen and oxygen atoms in total. The van der Waals surface area contributed by atoms with E-state index in [-0.39, 0.29) is 5.78 Å². The molecule has 0 N–H and O–H groups in total. The van der Waals surface area contributed by atoms with Gasteiger partial charge in [0.25, 0.3) is 0 Å². The molecule has 0 saturated carbocycles. The Bertz CT molecular complexity index is 780. The van der Waals surface area contributed by atoms with Crippen molar-refractivity contribution >= 4 is 5.78 Å². The smallest absolute Gasteiger partial charge is 0.220 e. The van der Waals surface area contributed by atoms with Gasteiger partial charge < -0.3 is 14.2 Å². The van der Waals surface area contributed by atoms with Crippen LogP contribution in [-0.4, -0.2) is 45.1 Å². The van der Waals surface area contributed by atoms with Crippen LogP contribution in [0.5, 0.6) is 11.5 Å². The van der Waals surface area contributed by atoms with E-state index in [0.29, 0.717) is 11.5 Å². The van der Waals surface area contributed by atoms with Gasteiger partial charge in [0.1, 0.15) is 0 Å². The predicted octanol–water partition coefficient (Wildman–Crippen LogP) is 2.20. The summed E-state index contributed by atoms with van der Waals surface area (Å²) < 4.78 is 16.3. The number of nitrogens with zero attached hydrogens (tertiary/aromatic N) is 1.